The minimum Gasteiger partial charge on any atom is -0.496 e. The van der Waals surface area contributed by atoms with Crippen molar-refractivity contribution in [2.24, 2.45) is 0 Å². The third-order valence-corrected chi connectivity index (χ3v) is 3.50. The van der Waals surface area contributed by atoms with Gasteiger partial charge in [0.25, 0.3) is 0 Å². The minimum atomic E-state index is -0.295. The van der Waals surface area contributed by atoms with Gasteiger partial charge in [0, 0.05) is 12.2 Å². The van der Waals surface area contributed by atoms with Gasteiger partial charge in [-0.3, -0.25) is 0 Å². The van der Waals surface area contributed by atoms with Crippen molar-refractivity contribution in [1.82, 2.24) is 5.32 Å². The molecule has 0 amide bonds. The molecule has 1 rings (SSSR count). The standard InChI is InChI=1S/C16H27NO2/c1-8-19-16(4,5)15(17-6)14-12(3)9-11(2)10-13(14)18-7/h9-10,15,17H,8H2,1-7H3. The summed E-state index contributed by atoms with van der Waals surface area (Å²) in [6.07, 6.45) is 0. The lowest BCUT2D eigenvalue weighted by atomic mass is 9.87. The highest BCUT2D eigenvalue weighted by molar-refractivity contribution is 5.46. The molecule has 1 unspecified atom stereocenters. The summed E-state index contributed by atoms with van der Waals surface area (Å²) in [6.45, 7) is 11.1. The van der Waals surface area contributed by atoms with Gasteiger partial charge in [-0.25, -0.2) is 0 Å². The van der Waals surface area contributed by atoms with Crippen LogP contribution >= 0.6 is 0 Å². The number of rotatable bonds is 6. The molecule has 3 nitrogen and oxygen atoms in total. The van der Waals surface area contributed by atoms with Crippen LogP contribution in [0.5, 0.6) is 5.75 Å². The van der Waals surface area contributed by atoms with Crippen molar-refractivity contribution in [3.05, 3.63) is 28.8 Å². The molecule has 0 spiro atoms. The topological polar surface area (TPSA) is 30.5 Å². The number of aryl methyl sites for hydroxylation is 2. The Balaban J connectivity index is 3.32. The fourth-order valence-corrected chi connectivity index (χ4v) is 2.77. The first-order valence-corrected chi connectivity index (χ1v) is 6.83. The van der Waals surface area contributed by atoms with Crippen LogP contribution in [0.25, 0.3) is 0 Å². The third-order valence-electron chi connectivity index (χ3n) is 3.50. The first-order chi connectivity index (χ1) is 8.87. The number of hydrogen-bond donors (Lipinski definition) is 1. The minimum absolute atomic E-state index is 0.0861. The Morgan fingerprint density at radius 1 is 1.26 bits per heavy atom. The van der Waals surface area contributed by atoms with Crippen molar-refractivity contribution >= 4 is 0 Å². The lowest BCUT2D eigenvalue weighted by molar-refractivity contribution is -0.0380. The van der Waals surface area contributed by atoms with E-state index in [0.717, 1.165) is 5.75 Å². The summed E-state index contributed by atoms with van der Waals surface area (Å²) in [6, 6.07) is 4.35. The normalized spacial score (nSPS) is 13.4. The highest BCUT2D eigenvalue weighted by Gasteiger charge is 2.33. The summed E-state index contributed by atoms with van der Waals surface area (Å²) >= 11 is 0. The second-order valence-corrected chi connectivity index (χ2v) is 5.46. The van der Waals surface area contributed by atoms with E-state index < -0.39 is 0 Å². The van der Waals surface area contributed by atoms with Crippen molar-refractivity contribution in [3.63, 3.8) is 0 Å². The summed E-state index contributed by atoms with van der Waals surface area (Å²) < 4.78 is 11.5. The van der Waals surface area contributed by atoms with Gasteiger partial charge < -0.3 is 14.8 Å². The molecule has 1 N–H and O–H groups in total. The Bertz CT molecular complexity index is 427. The maximum Gasteiger partial charge on any atom is 0.124 e. The molecule has 0 radical (unpaired) electrons. The molecule has 1 aromatic rings. The molecule has 19 heavy (non-hydrogen) atoms. The van der Waals surface area contributed by atoms with Gasteiger partial charge in [-0.05, 0) is 58.9 Å². The molecule has 1 aromatic carbocycles. The molecule has 0 aliphatic rings. The average molecular weight is 265 g/mol. The van der Waals surface area contributed by atoms with E-state index in [1.54, 1.807) is 7.11 Å². The molecule has 0 saturated heterocycles. The molecular formula is C16H27NO2. The molecule has 0 fully saturated rings. The van der Waals surface area contributed by atoms with Crippen LogP contribution in [-0.4, -0.2) is 26.4 Å². The Labute approximate surface area is 117 Å². The summed E-state index contributed by atoms with van der Waals surface area (Å²) in [5.74, 6) is 0.921. The number of hydrogen-bond acceptors (Lipinski definition) is 3. The van der Waals surface area contributed by atoms with E-state index in [0.29, 0.717) is 6.61 Å². The quantitative estimate of drug-likeness (QED) is 0.855. The molecule has 0 heterocycles. The van der Waals surface area contributed by atoms with Gasteiger partial charge in [0.1, 0.15) is 5.75 Å². The van der Waals surface area contributed by atoms with E-state index in [9.17, 15) is 0 Å². The summed E-state index contributed by atoms with van der Waals surface area (Å²) in [7, 11) is 3.68. The van der Waals surface area contributed by atoms with Crippen molar-refractivity contribution in [2.45, 2.75) is 46.3 Å². The van der Waals surface area contributed by atoms with Crippen molar-refractivity contribution in [1.29, 1.82) is 0 Å². The number of benzene rings is 1. The molecule has 108 valence electrons. The predicted octanol–water partition coefficient (Wildman–Crippen LogP) is 3.39. The third kappa shape index (κ3) is 3.48. The van der Waals surface area contributed by atoms with E-state index in [2.05, 4.69) is 45.1 Å². The molecule has 1 atom stereocenters. The van der Waals surface area contributed by atoms with E-state index in [1.807, 2.05) is 14.0 Å². The van der Waals surface area contributed by atoms with Gasteiger partial charge in [0.05, 0.1) is 18.8 Å². The Kier molecular flexibility index (Phi) is 5.39. The Morgan fingerprint density at radius 3 is 2.37 bits per heavy atom. The lowest BCUT2D eigenvalue weighted by Gasteiger charge is -2.36. The molecule has 0 aliphatic carbocycles. The van der Waals surface area contributed by atoms with Gasteiger partial charge >= 0.3 is 0 Å². The van der Waals surface area contributed by atoms with Gasteiger partial charge in [-0.15, -0.1) is 0 Å². The van der Waals surface area contributed by atoms with E-state index >= 15 is 0 Å². The zero-order chi connectivity index (χ0) is 14.6. The van der Waals surface area contributed by atoms with Crippen LogP contribution in [0.3, 0.4) is 0 Å². The van der Waals surface area contributed by atoms with Crippen LogP contribution < -0.4 is 10.1 Å². The van der Waals surface area contributed by atoms with Crippen molar-refractivity contribution in [3.8, 4) is 5.75 Å². The van der Waals surface area contributed by atoms with Crippen LogP contribution in [0.2, 0.25) is 0 Å². The fraction of sp³-hybridized carbons (Fsp3) is 0.625. The van der Waals surface area contributed by atoms with Gasteiger partial charge in [0.2, 0.25) is 0 Å². The van der Waals surface area contributed by atoms with Crippen molar-refractivity contribution in [2.75, 3.05) is 20.8 Å². The van der Waals surface area contributed by atoms with Gasteiger partial charge in [0.15, 0.2) is 0 Å². The van der Waals surface area contributed by atoms with Crippen molar-refractivity contribution < 1.29 is 9.47 Å². The number of methoxy groups -OCH3 is 1. The number of likely N-dealkylation sites (N-methyl/N-ethyl adjacent to an activating group) is 1. The smallest absolute Gasteiger partial charge is 0.124 e. The van der Waals surface area contributed by atoms with Gasteiger partial charge in [-0.1, -0.05) is 6.07 Å². The molecule has 0 saturated carbocycles. The largest absolute Gasteiger partial charge is 0.496 e. The molecule has 0 aliphatic heterocycles. The number of nitrogens with one attached hydrogen (secondary N) is 1. The summed E-state index contributed by atoms with van der Waals surface area (Å²) in [5, 5.41) is 3.37. The molecule has 3 heteroatoms. The fourth-order valence-electron chi connectivity index (χ4n) is 2.77. The summed E-state index contributed by atoms with van der Waals surface area (Å²) in [5.41, 5.74) is 3.32. The summed E-state index contributed by atoms with van der Waals surface area (Å²) in [4.78, 5) is 0. The van der Waals surface area contributed by atoms with Crippen LogP contribution in [0.1, 0.15) is 43.5 Å². The van der Waals surface area contributed by atoms with E-state index in [-0.39, 0.29) is 11.6 Å². The maximum absolute atomic E-state index is 5.90. The average Bonchev–Trinajstić information content (AvgIpc) is 2.31. The zero-order valence-electron chi connectivity index (χ0n) is 13.3. The zero-order valence-corrected chi connectivity index (χ0v) is 13.3. The van der Waals surface area contributed by atoms with Gasteiger partial charge in [-0.2, -0.15) is 0 Å². The molecule has 0 bridgehead atoms. The van der Waals surface area contributed by atoms with Crippen LogP contribution in [0.15, 0.2) is 12.1 Å². The SMILES string of the molecule is CCOC(C)(C)C(NC)c1c(C)cc(C)cc1OC. The van der Waals surface area contributed by atoms with E-state index in [4.69, 9.17) is 9.47 Å². The second-order valence-electron chi connectivity index (χ2n) is 5.46. The Morgan fingerprint density at radius 2 is 1.89 bits per heavy atom. The first-order valence-electron chi connectivity index (χ1n) is 6.83. The molecular weight excluding hydrogens is 238 g/mol. The Hall–Kier alpha value is -1.06. The lowest BCUT2D eigenvalue weighted by Crippen LogP contribution is -2.40. The maximum atomic E-state index is 5.90. The highest BCUT2D eigenvalue weighted by Crippen LogP contribution is 2.37. The van der Waals surface area contributed by atoms with Crippen LogP contribution in [0, 0.1) is 13.8 Å². The number of ether oxygens (including phenoxy) is 2. The predicted molar refractivity (Wildman–Crippen MR) is 80.0 cm³/mol. The second kappa shape index (κ2) is 6.40. The highest BCUT2D eigenvalue weighted by atomic mass is 16.5. The molecule has 0 aromatic heterocycles. The first kappa shape index (κ1) is 16.0. The van der Waals surface area contributed by atoms with Crippen LogP contribution in [-0.2, 0) is 4.74 Å². The van der Waals surface area contributed by atoms with Crippen LogP contribution in [0.4, 0.5) is 0 Å². The monoisotopic (exact) mass is 265 g/mol. The van der Waals surface area contributed by atoms with E-state index in [1.165, 1.54) is 16.7 Å².